The summed E-state index contributed by atoms with van der Waals surface area (Å²) in [4.78, 5) is 27.7. The second-order valence-corrected chi connectivity index (χ2v) is 10.2. The van der Waals surface area contributed by atoms with Crippen molar-refractivity contribution in [3.05, 3.63) is 65.0 Å². The molecule has 1 N–H and O–H groups in total. The molecular formula is C24H29FN2O3S. The lowest BCUT2D eigenvalue weighted by molar-refractivity contribution is -0.126. The summed E-state index contributed by atoms with van der Waals surface area (Å²) in [6.07, 6.45) is 1.19. The Kier molecular flexibility index (Phi) is 7.59. The van der Waals surface area contributed by atoms with Crippen LogP contribution in [0.25, 0.3) is 0 Å². The highest BCUT2D eigenvalue weighted by molar-refractivity contribution is 7.85. The van der Waals surface area contributed by atoms with Crippen LogP contribution in [-0.2, 0) is 22.1 Å². The zero-order valence-electron chi connectivity index (χ0n) is 18.2. The van der Waals surface area contributed by atoms with Crippen molar-refractivity contribution in [2.45, 2.75) is 50.3 Å². The van der Waals surface area contributed by atoms with E-state index in [0.717, 1.165) is 10.5 Å². The first-order valence-electron chi connectivity index (χ1n) is 10.6. The largest absolute Gasteiger partial charge is 0.352 e. The first-order chi connectivity index (χ1) is 14.8. The minimum atomic E-state index is -1.08. The number of amides is 2. The van der Waals surface area contributed by atoms with Gasteiger partial charge < -0.3 is 10.2 Å². The first-order valence-corrected chi connectivity index (χ1v) is 11.8. The maximum absolute atomic E-state index is 13.6. The van der Waals surface area contributed by atoms with Gasteiger partial charge >= 0.3 is 0 Å². The molecule has 0 unspecified atom stereocenters. The smallest absolute Gasteiger partial charge is 0.253 e. The molecule has 1 aliphatic heterocycles. The van der Waals surface area contributed by atoms with Crippen molar-refractivity contribution in [3.8, 4) is 0 Å². The zero-order chi connectivity index (χ0) is 22.5. The lowest BCUT2D eigenvalue weighted by Crippen LogP contribution is -2.42. The van der Waals surface area contributed by atoms with Crippen LogP contribution >= 0.6 is 0 Å². The summed E-state index contributed by atoms with van der Waals surface area (Å²) >= 11 is 0. The number of aryl methyl sites for hydroxylation is 1. The molecule has 166 valence electrons. The minimum Gasteiger partial charge on any atom is -0.352 e. The van der Waals surface area contributed by atoms with Crippen molar-refractivity contribution in [1.29, 1.82) is 0 Å². The van der Waals surface area contributed by atoms with Gasteiger partial charge in [0.25, 0.3) is 5.91 Å². The van der Waals surface area contributed by atoms with Crippen LogP contribution in [0.2, 0.25) is 0 Å². The van der Waals surface area contributed by atoms with E-state index in [1.54, 1.807) is 42.2 Å². The second-order valence-electron chi connectivity index (χ2n) is 8.24. The molecule has 0 aliphatic carbocycles. The van der Waals surface area contributed by atoms with Gasteiger partial charge in [-0.05, 0) is 61.2 Å². The van der Waals surface area contributed by atoms with Crippen LogP contribution in [0.1, 0.15) is 48.2 Å². The Balaban J connectivity index is 1.50. The molecule has 2 aromatic rings. The quantitative estimate of drug-likeness (QED) is 0.737. The van der Waals surface area contributed by atoms with Crippen molar-refractivity contribution in [2.24, 2.45) is 5.92 Å². The van der Waals surface area contributed by atoms with E-state index < -0.39 is 10.8 Å². The predicted molar refractivity (Wildman–Crippen MR) is 120 cm³/mol. The van der Waals surface area contributed by atoms with E-state index in [1.807, 2.05) is 19.9 Å². The number of nitrogens with zero attached hydrogens (tertiary/aromatic N) is 1. The van der Waals surface area contributed by atoms with E-state index in [9.17, 15) is 18.2 Å². The fourth-order valence-corrected chi connectivity index (χ4v) is 4.56. The van der Waals surface area contributed by atoms with Crippen LogP contribution < -0.4 is 5.32 Å². The van der Waals surface area contributed by atoms with Gasteiger partial charge in [-0.3, -0.25) is 13.8 Å². The predicted octanol–water partition coefficient (Wildman–Crippen LogP) is 3.82. The van der Waals surface area contributed by atoms with Crippen LogP contribution in [0, 0.1) is 18.7 Å². The van der Waals surface area contributed by atoms with E-state index in [4.69, 9.17) is 0 Å². The third-order valence-corrected chi connectivity index (χ3v) is 7.21. The van der Waals surface area contributed by atoms with Gasteiger partial charge in [-0.15, -0.1) is 0 Å². The van der Waals surface area contributed by atoms with Gasteiger partial charge in [0.1, 0.15) is 5.82 Å². The van der Waals surface area contributed by atoms with Crippen molar-refractivity contribution < 1.29 is 18.2 Å². The summed E-state index contributed by atoms with van der Waals surface area (Å²) in [5.41, 5.74) is 1.87. The highest BCUT2D eigenvalue weighted by Crippen LogP contribution is 2.21. The summed E-state index contributed by atoms with van der Waals surface area (Å²) in [5.74, 6) is -0.568. The maximum Gasteiger partial charge on any atom is 0.253 e. The lowest BCUT2D eigenvalue weighted by atomic mass is 9.95. The number of carbonyl (C=O) groups is 2. The lowest BCUT2D eigenvalue weighted by Gasteiger charge is -2.31. The summed E-state index contributed by atoms with van der Waals surface area (Å²) < 4.78 is 25.8. The molecule has 0 saturated carbocycles. The molecule has 1 atom stereocenters. The molecule has 1 heterocycles. The third-order valence-electron chi connectivity index (χ3n) is 5.62. The van der Waals surface area contributed by atoms with E-state index in [0.29, 0.717) is 43.6 Å². The van der Waals surface area contributed by atoms with E-state index >= 15 is 0 Å². The number of hydrogen-bond donors (Lipinski definition) is 1. The fourth-order valence-electron chi connectivity index (χ4n) is 3.61. The summed E-state index contributed by atoms with van der Waals surface area (Å²) in [6.45, 7) is 6.81. The van der Waals surface area contributed by atoms with Gasteiger partial charge in [-0.2, -0.15) is 0 Å². The topological polar surface area (TPSA) is 66.5 Å². The fraction of sp³-hybridized carbons (Fsp3) is 0.417. The molecule has 0 radical (unpaired) electrons. The molecule has 1 aliphatic rings. The third kappa shape index (κ3) is 5.79. The van der Waals surface area contributed by atoms with E-state index in [-0.39, 0.29) is 28.8 Å². The molecule has 0 bridgehead atoms. The summed E-state index contributed by atoms with van der Waals surface area (Å²) in [7, 11) is -1.08. The van der Waals surface area contributed by atoms with Crippen molar-refractivity contribution in [2.75, 3.05) is 13.1 Å². The normalized spacial score (nSPS) is 15.7. The number of carbonyl (C=O) groups excluding carboxylic acids is 2. The highest BCUT2D eigenvalue weighted by atomic mass is 32.2. The van der Waals surface area contributed by atoms with Crippen molar-refractivity contribution in [3.63, 3.8) is 0 Å². The zero-order valence-corrected chi connectivity index (χ0v) is 19.0. The van der Waals surface area contributed by atoms with Gasteiger partial charge in [-0.1, -0.05) is 26.0 Å². The number of likely N-dealkylation sites (tertiary alicyclic amines) is 1. The van der Waals surface area contributed by atoms with Gasteiger partial charge in [0.2, 0.25) is 5.91 Å². The van der Waals surface area contributed by atoms with Crippen LogP contribution in [0.15, 0.2) is 47.4 Å². The monoisotopic (exact) mass is 444 g/mol. The number of benzene rings is 2. The molecule has 0 aromatic heterocycles. The van der Waals surface area contributed by atoms with Gasteiger partial charge in [0, 0.05) is 41.3 Å². The summed E-state index contributed by atoms with van der Waals surface area (Å²) in [6, 6.07) is 11.9. The molecule has 5 nitrogen and oxygen atoms in total. The van der Waals surface area contributed by atoms with E-state index in [1.165, 1.54) is 6.07 Å². The Morgan fingerprint density at radius 3 is 2.35 bits per heavy atom. The Bertz CT molecular complexity index is 967. The second kappa shape index (κ2) is 10.2. The van der Waals surface area contributed by atoms with Crippen molar-refractivity contribution in [1.82, 2.24) is 10.2 Å². The number of hydrogen-bond acceptors (Lipinski definition) is 3. The first kappa shape index (κ1) is 23.1. The number of halogens is 1. The Morgan fingerprint density at radius 1 is 1.13 bits per heavy atom. The molecule has 7 heteroatoms. The van der Waals surface area contributed by atoms with Gasteiger partial charge in [0.05, 0.1) is 10.8 Å². The molecule has 3 rings (SSSR count). The molecule has 1 saturated heterocycles. The SMILES string of the molecule is Cc1ccc(CNC(=O)C2CCN(C(=O)c3ccc([S@](=O)C(C)C)cc3)CC2)cc1F. The van der Waals surface area contributed by atoms with Crippen LogP contribution in [-0.4, -0.2) is 39.3 Å². The Morgan fingerprint density at radius 2 is 1.77 bits per heavy atom. The Hall–Kier alpha value is -2.54. The highest BCUT2D eigenvalue weighted by Gasteiger charge is 2.27. The average Bonchev–Trinajstić information content (AvgIpc) is 2.78. The minimum absolute atomic E-state index is 0.0248. The average molecular weight is 445 g/mol. The Labute approximate surface area is 185 Å². The standard InChI is InChI=1S/C24H29FN2O3S/c1-16(2)31(30)21-8-6-20(7-9-21)24(29)27-12-10-19(11-13-27)23(28)26-15-18-5-4-17(3)22(25)14-18/h4-9,14,16,19H,10-13,15H2,1-3H3,(H,26,28)/t31-/m1/s1. The van der Waals surface area contributed by atoms with Gasteiger partial charge in [-0.25, -0.2) is 4.39 Å². The van der Waals surface area contributed by atoms with Crippen molar-refractivity contribution >= 4 is 22.6 Å². The molecular weight excluding hydrogens is 415 g/mol. The van der Waals surface area contributed by atoms with Crippen LogP contribution in [0.4, 0.5) is 4.39 Å². The molecule has 0 spiro atoms. The number of piperidine rings is 1. The molecule has 31 heavy (non-hydrogen) atoms. The number of nitrogens with one attached hydrogen (secondary N) is 1. The van der Waals surface area contributed by atoms with Crippen LogP contribution in [0.3, 0.4) is 0 Å². The number of rotatable bonds is 6. The van der Waals surface area contributed by atoms with Gasteiger partial charge in [0.15, 0.2) is 0 Å². The molecule has 2 aromatic carbocycles. The van der Waals surface area contributed by atoms with E-state index in [2.05, 4.69) is 5.32 Å². The molecule has 2 amide bonds. The summed E-state index contributed by atoms with van der Waals surface area (Å²) in [5, 5.41) is 2.90. The van der Waals surface area contributed by atoms with Crippen LogP contribution in [0.5, 0.6) is 0 Å². The maximum atomic E-state index is 13.6. The molecule has 1 fully saturated rings.